The predicted octanol–water partition coefficient (Wildman–Crippen LogP) is 0.154. The Morgan fingerprint density at radius 1 is 1.58 bits per heavy atom. The highest BCUT2D eigenvalue weighted by molar-refractivity contribution is 6.03. The number of pyridine rings is 1. The Morgan fingerprint density at radius 2 is 2.37 bits per heavy atom. The summed E-state index contributed by atoms with van der Waals surface area (Å²) in [6.45, 7) is 2.23. The molecule has 1 amide bonds. The van der Waals surface area contributed by atoms with Crippen molar-refractivity contribution in [2.45, 2.75) is 6.92 Å². The van der Waals surface area contributed by atoms with Crippen molar-refractivity contribution < 1.29 is 9.53 Å². The first-order valence-electron chi connectivity index (χ1n) is 5.63. The Balaban J connectivity index is 2.11. The van der Waals surface area contributed by atoms with Crippen LogP contribution in [0.2, 0.25) is 0 Å². The van der Waals surface area contributed by atoms with Gasteiger partial charge in [0.25, 0.3) is 11.5 Å². The molecule has 0 aliphatic rings. The van der Waals surface area contributed by atoms with Gasteiger partial charge < -0.3 is 9.30 Å². The Labute approximate surface area is 108 Å². The summed E-state index contributed by atoms with van der Waals surface area (Å²) >= 11 is 0. The molecule has 0 atom stereocenters. The number of aryl methyl sites for hydroxylation is 1. The van der Waals surface area contributed by atoms with Gasteiger partial charge in [-0.15, -0.1) is 5.10 Å². The normalized spacial score (nSPS) is 10.2. The molecule has 0 spiro atoms. The number of hydrogen-bond donors (Lipinski definition) is 2. The lowest BCUT2D eigenvalue weighted by molar-refractivity contribution is 0.102. The summed E-state index contributed by atoms with van der Waals surface area (Å²) < 4.78 is 6.42. The zero-order chi connectivity index (χ0) is 13.8. The summed E-state index contributed by atoms with van der Waals surface area (Å²) in [5, 5.41) is 8.75. The Bertz CT molecular complexity index is 646. The van der Waals surface area contributed by atoms with Crippen LogP contribution in [0.4, 0.5) is 5.95 Å². The number of carbonyl (C=O) groups excluding carboxylic acids is 1. The minimum Gasteiger partial charge on any atom is -0.463 e. The van der Waals surface area contributed by atoms with Gasteiger partial charge in [-0.05, 0) is 13.0 Å². The van der Waals surface area contributed by atoms with Gasteiger partial charge in [0.05, 0.1) is 6.61 Å². The van der Waals surface area contributed by atoms with Crippen molar-refractivity contribution in [2.24, 2.45) is 7.05 Å². The Hall–Kier alpha value is -2.64. The Kier molecular flexibility index (Phi) is 3.60. The van der Waals surface area contributed by atoms with Gasteiger partial charge in [0, 0.05) is 24.9 Å². The average molecular weight is 263 g/mol. The first kappa shape index (κ1) is 12.8. The van der Waals surface area contributed by atoms with E-state index in [0.717, 1.165) is 0 Å². The topological polar surface area (TPSA) is 102 Å². The number of H-pyrrole nitrogens is 1. The van der Waals surface area contributed by atoms with Crippen LogP contribution in [-0.2, 0) is 7.05 Å². The fourth-order valence-corrected chi connectivity index (χ4v) is 1.37. The highest BCUT2D eigenvalue weighted by atomic mass is 16.5. The van der Waals surface area contributed by atoms with Gasteiger partial charge in [-0.3, -0.25) is 14.9 Å². The summed E-state index contributed by atoms with van der Waals surface area (Å²) in [6.07, 6.45) is 1.52. The quantitative estimate of drug-likeness (QED) is 0.817. The fourth-order valence-electron chi connectivity index (χ4n) is 1.37. The van der Waals surface area contributed by atoms with Gasteiger partial charge in [-0.2, -0.15) is 4.98 Å². The molecule has 0 aliphatic carbocycles. The Morgan fingerprint density at radius 3 is 3.05 bits per heavy atom. The first-order chi connectivity index (χ1) is 9.10. The van der Waals surface area contributed by atoms with Crippen LogP contribution < -0.4 is 15.6 Å². The molecule has 2 aromatic heterocycles. The number of nitrogens with one attached hydrogen (secondary N) is 2. The fraction of sp³-hybridized carbons (Fsp3) is 0.273. The molecule has 0 saturated heterocycles. The summed E-state index contributed by atoms with van der Waals surface area (Å²) in [6, 6.07) is 2.94. The standard InChI is InChI=1S/C11H13N5O3/c1-3-19-11-13-10(14-15-11)12-9(18)7-4-5-16(2)8(17)6-7/h4-6H,3H2,1-2H3,(H2,12,13,14,15,18). The van der Waals surface area contributed by atoms with Gasteiger partial charge in [0.1, 0.15) is 0 Å². The zero-order valence-corrected chi connectivity index (χ0v) is 10.5. The van der Waals surface area contributed by atoms with Crippen LogP contribution in [0.1, 0.15) is 17.3 Å². The van der Waals surface area contributed by atoms with E-state index in [2.05, 4.69) is 20.5 Å². The van der Waals surface area contributed by atoms with E-state index in [4.69, 9.17) is 4.74 Å². The van der Waals surface area contributed by atoms with Gasteiger partial charge in [0.2, 0.25) is 5.95 Å². The van der Waals surface area contributed by atoms with Gasteiger partial charge in [-0.1, -0.05) is 0 Å². The van der Waals surface area contributed by atoms with Crippen LogP contribution in [0.5, 0.6) is 6.01 Å². The van der Waals surface area contributed by atoms with Crippen molar-refractivity contribution in [1.29, 1.82) is 0 Å². The maximum absolute atomic E-state index is 11.9. The predicted molar refractivity (Wildman–Crippen MR) is 67.2 cm³/mol. The van der Waals surface area contributed by atoms with Crippen molar-refractivity contribution in [3.63, 3.8) is 0 Å². The van der Waals surface area contributed by atoms with E-state index in [1.54, 1.807) is 14.0 Å². The molecule has 0 saturated carbocycles. The number of ether oxygens (including phenoxy) is 1. The van der Waals surface area contributed by atoms with Crippen LogP contribution in [-0.4, -0.2) is 32.3 Å². The van der Waals surface area contributed by atoms with E-state index in [0.29, 0.717) is 6.61 Å². The lowest BCUT2D eigenvalue weighted by Crippen LogP contribution is -2.20. The largest absolute Gasteiger partial charge is 0.463 e. The highest BCUT2D eigenvalue weighted by Gasteiger charge is 2.10. The average Bonchev–Trinajstić information content (AvgIpc) is 2.80. The zero-order valence-electron chi connectivity index (χ0n) is 10.5. The minimum atomic E-state index is -0.447. The lowest BCUT2D eigenvalue weighted by atomic mass is 10.2. The maximum Gasteiger partial charge on any atom is 0.337 e. The number of anilines is 1. The van der Waals surface area contributed by atoms with E-state index < -0.39 is 5.91 Å². The molecule has 8 nitrogen and oxygen atoms in total. The molecule has 0 radical (unpaired) electrons. The number of rotatable bonds is 4. The van der Waals surface area contributed by atoms with Gasteiger partial charge in [-0.25, -0.2) is 5.10 Å². The molecule has 0 aromatic carbocycles. The number of nitrogens with zero attached hydrogens (tertiary/aromatic N) is 3. The van der Waals surface area contributed by atoms with Crippen molar-refractivity contribution in [3.05, 3.63) is 34.2 Å². The van der Waals surface area contributed by atoms with Crippen molar-refractivity contribution in [1.82, 2.24) is 19.7 Å². The summed E-state index contributed by atoms with van der Waals surface area (Å²) in [5.74, 6) is -0.286. The third-order valence-electron chi connectivity index (χ3n) is 2.34. The summed E-state index contributed by atoms with van der Waals surface area (Å²) in [4.78, 5) is 27.2. The smallest absolute Gasteiger partial charge is 0.337 e. The molecule has 19 heavy (non-hydrogen) atoms. The van der Waals surface area contributed by atoms with Crippen LogP contribution in [0.3, 0.4) is 0 Å². The minimum absolute atomic E-state index is 0.154. The molecule has 2 aromatic rings. The summed E-state index contributed by atoms with van der Waals surface area (Å²) in [5.41, 5.74) is -0.0160. The first-order valence-corrected chi connectivity index (χ1v) is 5.63. The molecule has 100 valence electrons. The van der Waals surface area contributed by atoms with Gasteiger partial charge >= 0.3 is 6.01 Å². The second-order valence-electron chi connectivity index (χ2n) is 3.72. The summed E-state index contributed by atoms with van der Waals surface area (Å²) in [7, 11) is 1.61. The second-order valence-corrected chi connectivity index (χ2v) is 3.72. The van der Waals surface area contributed by atoms with E-state index in [1.807, 2.05) is 0 Å². The molecule has 2 N–H and O–H groups in total. The third kappa shape index (κ3) is 2.97. The number of carbonyl (C=O) groups is 1. The number of aromatic nitrogens is 4. The third-order valence-corrected chi connectivity index (χ3v) is 2.34. The molecule has 2 rings (SSSR count). The van der Waals surface area contributed by atoms with Crippen LogP contribution in [0, 0.1) is 0 Å². The molecule has 0 fully saturated rings. The van der Waals surface area contributed by atoms with E-state index >= 15 is 0 Å². The molecule has 2 heterocycles. The van der Waals surface area contributed by atoms with Gasteiger partial charge in [0.15, 0.2) is 0 Å². The van der Waals surface area contributed by atoms with Crippen molar-refractivity contribution in [2.75, 3.05) is 11.9 Å². The van der Waals surface area contributed by atoms with E-state index in [1.165, 1.54) is 22.9 Å². The second kappa shape index (κ2) is 5.34. The number of hydrogen-bond acceptors (Lipinski definition) is 5. The van der Waals surface area contributed by atoms with Crippen LogP contribution in [0.25, 0.3) is 0 Å². The number of amides is 1. The SMILES string of the molecule is CCOc1n[nH]c(NC(=O)c2ccn(C)c(=O)c2)n1. The molecule has 0 aliphatic heterocycles. The highest BCUT2D eigenvalue weighted by Crippen LogP contribution is 2.07. The van der Waals surface area contributed by atoms with Crippen molar-refractivity contribution in [3.8, 4) is 6.01 Å². The molecule has 0 bridgehead atoms. The monoisotopic (exact) mass is 263 g/mol. The van der Waals surface area contributed by atoms with Crippen LogP contribution >= 0.6 is 0 Å². The molecule has 0 unspecified atom stereocenters. The van der Waals surface area contributed by atoms with Crippen LogP contribution in [0.15, 0.2) is 23.1 Å². The van der Waals surface area contributed by atoms with E-state index in [9.17, 15) is 9.59 Å². The molecular weight excluding hydrogens is 250 g/mol. The molecule has 8 heteroatoms. The number of aromatic amines is 1. The molecular formula is C11H13N5O3. The maximum atomic E-state index is 11.9. The lowest BCUT2D eigenvalue weighted by Gasteiger charge is -2.02. The van der Waals surface area contributed by atoms with Crippen molar-refractivity contribution >= 4 is 11.9 Å². The van der Waals surface area contributed by atoms with E-state index in [-0.39, 0.29) is 23.1 Å².